The van der Waals surface area contributed by atoms with E-state index in [0.29, 0.717) is 34.7 Å². The molecule has 0 saturated carbocycles. The fourth-order valence-corrected chi connectivity index (χ4v) is 4.71. The molecule has 32 heavy (non-hydrogen) atoms. The molecule has 2 amide bonds. The molecule has 0 unspecified atom stereocenters. The van der Waals surface area contributed by atoms with Gasteiger partial charge in [0.25, 0.3) is 5.91 Å². The molecule has 4 rings (SSSR count). The number of aromatic nitrogens is 2. The molecular weight excluding hydrogens is 427 g/mol. The maximum Gasteiger partial charge on any atom is 0.259 e. The van der Waals surface area contributed by atoms with E-state index in [0.717, 1.165) is 30.2 Å². The normalized spacial score (nSPS) is 13.8. The highest BCUT2D eigenvalue weighted by molar-refractivity contribution is 7.99. The summed E-state index contributed by atoms with van der Waals surface area (Å²) in [6.45, 7) is 5.20. The van der Waals surface area contributed by atoms with Crippen molar-refractivity contribution in [2.75, 3.05) is 29.9 Å². The fraction of sp³-hybridized carbons (Fsp3) is 0.292. The van der Waals surface area contributed by atoms with E-state index in [-0.39, 0.29) is 17.6 Å². The number of amides is 2. The average molecular weight is 453 g/mol. The summed E-state index contributed by atoms with van der Waals surface area (Å²) in [5.74, 6) is 1.54. The van der Waals surface area contributed by atoms with Gasteiger partial charge in [0.2, 0.25) is 5.91 Å². The van der Waals surface area contributed by atoms with Gasteiger partial charge in [-0.2, -0.15) is 16.9 Å². The molecule has 0 aliphatic carbocycles. The molecule has 1 aliphatic rings. The number of aryl methyl sites for hydroxylation is 1. The van der Waals surface area contributed by atoms with Crippen LogP contribution >= 0.6 is 11.8 Å². The van der Waals surface area contributed by atoms with E-state index < -0.39 is 0 Å². The maximum absolute atomic E-state index is 13.2. The smallest absolute Gasteiger partial charge is 0.259 e. The minimum Gasteiger partial charge on any atom is -0.341 e. The summed E-state index contributed by atoms with van der Waals surface area (Å²) in [7, 11) is 0. The molecule has 8 heteroatoms. The zero-order valence-corrected chi connectivity index (χ0v) is 18.9. The molecule has 166 valence electrons. The van der Waals surface area contributed by atoms with Crippen molar-refractivity contribution in [3.8, 4) is 5.69 Å². The van der Waals surface area contributed by atoms with Gasteiger partial charge in [-0.25, -0.2) is 9.07 Å². The van der Waals surface area contributed by atoms with E-state index in [1.165, 1.54) is 12.1 Å². The van der Waals surface area contributed by atoms with Crippen molar-refractivity contribution in [2.24, 2.45) is 0 Å². The number of carbonyl (C=O) groups excluding carboxylic acids is 2. The van der Waals surface area contributed by atoms with Crippen LogP contribution < -0.4 is 5.32 Å². The highest BCUT2D eigenvalue weighted by atomic mass is 32.2. The van der Waals surface area contributed by atoms with Crippen LogP contribution in [0.1, 0.15) is 27.3 Å². The molecule has 1 N–H and O–H groups in total. The summed E-state index contributed by atoms with van der Waals surface area (Å²) in [4.78, 5) is 27.3. The van der Waals surface area contributed by atoms with Gasteiger partial charge in [0.1, 0.15) is 5.82 Å². The van der Waals surface area contributed by atoms with Gasteiger partial charge < -0.3 is 10.2 Å². The summed E-state index contributed by atoms with van der Waals surface area (Å²) in [5, 5.41) is 7.36. The summed E-state index contributed by atoms with van der Waals surface area (Å²) in [6.07, 6.45) is 0.363. The van der Waals surface area contributed by atoms with E-state index in [4.69, 9.17) is 0 Å². The molecular formula is C24H25FN4O2S. The van der Waals surface area contributed by atoms with Gasteiger partial charge in [0.15, 0.2) is 0 Å². The van der Waals surface area contributed by atoms with Crippen molar-refractivity contribution in [1.82, 2.24) is 14.7 Å². The lowest BCUT2D eigenvalue weighted by Crippen LogP contribution is -2.38. The van der Waals surface area contributed by atoms with E-state index >= 15 is 0 Å². The van der Waals surface area contributed by atoms with Crippen LogP contribution in [0.15, 0.2) is 48.5 Å². The molecule has 1 fully saturated rings. The van der Waals surface area contributed by atoms with Crippen molar-refractivity contribution in [1.29, 1.82) is 0 Å². The summed E-state index contributed by atoms with van der Waals surface area (Å²) >= 11 is 1.88. The van der Waals surface area contributed by atoms with Crippen LogP contribution in [0.5, 0.6) is 0 Å². The molecule has 3 aromatic rings. The van der Waals surface area contributed by atoms with Gasteiger partial charge in [0.05, 0.1) is 29.1 Å². The number of thioether (sulfide) groups is 1. The first-order chi connectivity index (χ1) is 15.4. The van der Waals surface area contributed by atoms with Crippen LogP contribution in [0.2, 0.25) is 0 Å². The molecule has 1 saturated heterocycles. The number of benzene rings is 2. The van der Waals surface area contributed by atoms with Crippen molar-refractivity contribution in [3.63, 3.8) is 0 Å². The van der Waals surface area contributed by atoms with E-state index in [1.807, 2.05) is 47.9 Å². The van der Waals surface area contributed by atoms with Gasteiger partial charge in [-0.15, -0.1) is 0 Å². The number of hydrogen-bond acceptors (Lipinski definition) is 4. The van der Waals surface area contributed by atoms with Crippen LogP contribution in [0, 0.1) is 19.7 Å². The zero-order valence-electron chi connectivity index (χ0n) is 18.1. The van der Waals surface area contributed by atoms with Crippen molar-refractivity contribution >= 4 is 29.3 Å². The summed E-state index contributed by atoms with van der Waals surface area (Å²) < 4.78 is 14.9. The standard InChI is InChI=1S/C24H25FN4O2S/c1-16-23(17(2)29(27-16)21-9-5-19(25)6-10-21)24(31)26-20-7-3-18(4-8-20)15-22(30)28-11-13-32-14-12-28/h3-10H,11-15H2,1-2H3,(H,26,31). The SMILES string of the molecule is Cc1nn(-c2ccc(F)cc2)c(C)c1C(=O)Nc1ccc(CC(=O)N2CCSCC2)cc1. The maximum atomic E-state index is 13.2. The number of nitrogens with zero attached hydrogens (tertiary/aromatic N) is 3. The summed E-state index contributed by atoms with van der Waals surface area (Å²) in [6, 6.07) is 13.3. The predicted molar refractivity (Wildman–Crippen MR) is 125 cm³/mol. The lowest BCUT2D eigenvalue weighted by atomic mass is 10.1. The number of carbonyl (C=O) groups is 2. The molecule has 0 bridgehead atoms. The first-order valence-corrected chi connectivity index (χ1v) is 11.7. The van der Waals surface area contributed by atoms with E-state index in [9.17, 15) is 14.0 Å². The molecule has 0 radical (unpaired) electrons. The average Bonchev–Trinajstić information content (AvgIpc) is 3.10. The summed E-state index contributed by atoms with van der Waals surface area (Å²) in [5.41, 5.74) is 4.00. The number of halogens is 1. The van der Waals surface area contributed by atoms with Gasteiger partial charge in [-0.3, -0.25) is 9.59 Å². The first kappa shape index (κ1) is 22.1. The Morgan fingerprint density at radius 1 is 1.03 bits per heavy atom. The van der Waals surface area contributed by atoms with Crippen LogP contribution in [-0.4, -0.2) is 51.1 Å². The van der Waals surface area contributed by atoms with Gasteiger partial charge in [-0.1, -0.05) is 12.1 Å². The number of nitrogens with one attached hydrogen (secondary N) is 1. The molecule has 1 aromatic heterocycles. The third-order valence-corrected chi connectivity index (χ3v) is 6.46. The number of hydrogen-bond donors (Lipinski definition) is 1. The Bertz CT molecular complexity index is 1120. The van der Waals surface area contributed by atoms with Crippen LogP contribution in [0.4, 0.5) is 10.1 Å². The Morgan fingerprint density at radius 3 is 2.34 bits per heavy atom. The van der Waals surface area contributed by atoms with Crippen molar-refractivity contribution < 1.29 is 14.0 Å². The second kappa shape index (κ2) is 9.56. The van der Waals surface area contributed by atoms with Gasteiger partial charge in [0, 0.05) is 30.3 Å². The fourth-order valence-electron chi connectivity index (χ4n) is 3.80. The highest BCUT2D eigenvalue weighted by Crippen LogP contribution is 2.20. The molecule has 6 nitrogen and oxygen atoms in total. The monoisotopic (exact) mass is 452 g/mol. The molecule has 2 heterocycles. The number of rotatable bonds is 5. The van der Waals surface area contributed by atoms with Crippen molar-refractivity contribution in [3.05, 3.63) is 76.9 Å². The molecule has 0 spiro atoms. The zero-order chi connectivity index (χ0) is 22.7. The third-order valence-electron chi connectivity index (χ3n) is 5.52. The topological polar surface area (TPSA) is 67.2 Å². The second-order valence-electron chi connectivity index (χ2n) is 7.76. The largest absolute Gasteiger partial charge is 0.341 e. The molecule has 2 aromatic carbocycles. The number of anilines is 1. The predicted octanol–water partition coefficient (Wildman–Crippen LogP) is 4.00. The van der Waals surface area contributed by atoms with E-state index in [2.05, 4.69) is 10.4 Å². The van der Waals surface area contributed by atoms with Crippen LogP contribution in [0.3, 0.4) is 0 Å². The molecule has 1 aliphatic heterocycles. The Hall–Kier alpha value is -3.13. The molecule has 0 atom stereocenters. The Balaban J connectivity index is 1.44. The minimum absolute atomic E-state index is 0.140. The quantitative estimate of drug-likeness (QED) is 0.636. The van der Waals surface area contributed by atoms with Gasteiger partial charge in [-0.05, 0) is 55.8 Å². The lowest BCUT2D eigenvalue weighted by molar-refractivity contribution is -0.130. The Labute approximate surface area is 190 Å². The Kier molecular flexibility index (Phi) is 6.60. The van der Waals surface area contributed by atoms with E-state index in [1.54, 1.807) is 23.7 Å². The Morgan fingerprint density at radius 2 is 1.69 bits per heavy atom. The lowest BCUT2D eigenvalue weighted by Gasteiger charge is -2.26. The minimum atomic E-state index is -0.326. The highest BCUT2D eigenvalue weighted by Gasteiger charge is 2.20. The van der Waals surface area contributed by atoms with Crippen LogP contribution in [0.25, 0.3) is 5.69 Å². The first-order valence-electron chi connectivity index (χ1n) is 10.5. The second-order valence-corrected chi connectivity index (χ2v) is 8.98. The third kappa shape index (κ3) is 4.85. The van der Waals surface area contributed by atoms with Crippen molar-refractivity contribution in [2.45, 2.75) is 20.3 Å². The van der Waals surface area contributed by atoms with Gasteiger partial charge >= 0.3 is 0 Å². The van der Waals surface area contributed by atoms with Crippen LogP contribution in [-0.2, 0) is 11.2 Å².